The van der Waals surface area contributed by atoms with Gasteiger partial charge in [-0.1, -0.05) is 30.3 Å². The maximum Gasteiger partial charge on any atom is -0.00117 e. The van der Waals surface area contributed by atoms with Gasteiger partial charge >= 0.3 is 0 Å². The highest BCUT2D eigenvalue weighted by Gasteiger charge is 2.19. The zero-order valence-corrected chi connectivity index (χ0v) is 10.7. The first-order valence-corrected chi connectivity index (χ1v) is 7.21. The molecule has 1 N–H and O–H groups in total. The third-order valence-corrected chi connectivity index (χ3v) is 4.32. The summed E-state index contributed by atoms with van der Waals surface area (Å²) >= 11 is 1.83. The van der Waals surface area contributed by atoms with E-state index in [0.717, 1.165) is 19.0 Å². The molecule has 3 rings (SSSR count). The van der Waals surface area contributed by atoms with Gasteiger partial charge in [0.25, 0.3) is 0 Å². The van der Waals surface area contributed by atoms with E-state index in [0.29, 0.717) is 0 Å². The maximum atomic E-state index is 3.44. The molecule has 0 aliphatic carbocycles. The summed E-state index contributed by atoms with van der Waals surface area (Å²) in [5, 5.41) is 8.08. The van der Waals surface area contributed by atoms with Crippen LogP contribution in [0.4, 0.5) is 0 Å². The zero-order valence-electron chi connectivity index (χ0n) is 9.86. The van der Waals surface area contributed by atoms with Crippen molar-refractivity contribution >= 4 is 11.3 Å². The van der Waals surface area contributed by atoms with Gasteiger partial charge in [0.2, 0.25) is 0 Å². The van der Waals surface area contributed by atoms with Crippen molar-refractivity contribution in [1.82, 2.24) is 5.32 Å². The Labute approximate surface area is 106 Å². The zero-order chi connectivity index (χ0) is 11.5. The van der Waals surface area contributed by atoms with Crippen molar-refractivity contribution in [3.05, 3.63) is 46.7 Å². The van der Waals surface area contributed by atoms with Gasteiger partial charge in [-0.05, 0) is 59.3 Å². The lowest BCUT2D eigenvalue weighted by molar-refractivity contribution is 0.462. The summed E-state index contributed by atoms with van der Waals surface area (Å²) in [5.41, 5.74) is 4.37. The highest BCUT2D eigenvalue weighted by molar-refractivity contribution is 7.08. The number of rotatable bonds is 2. The average Bonchev–Trinajstić information content (AvgIpc) is 2.90. The van der Waals surface area contributed by atoms with Gasteiger partial charge in [-0.2, -0.15) is 11.3 Å². The van der Waals surface area contributed by atoms with Gasteiger partial charge in [0.05, 0.1) is 0 Å². The van der Waals surface area contributed by atoms with Crippen LogP contribution in [-0.2, 0) is 0 Å². The highest BCUT2D eigenvalue weighted by Crippen LogP contribution is 2.36. The van der Waals surface area contributed by atoms with Gasteiger partial charge in [-0.25, -0.2) is 0 Å². The Kier molecular flexibility index (Phi) is 3.25. The Hall–Kier alpha value is -1.12. The van der Waals surface area contributed by atoms with E-state index in [1.54, 1.807) is 5.56 Å². The molecule has 88 valence electrons. The van der Waals surface area contributed by atoms with Crippen molar-refractivity contribution in [2.75, 3.05) is 13.1 Å². The van der Waals surface area contributed by atoms with Gasteiger partial charge in [0.15, 0.2) is 0 Å². The van der Waals surface area contributed by atoms with E-state index in [1.807, 2.05) is 11.3 Å². The van der Waals surface area contributed by atoms with Crippen LogP contribution in [0.15, 0.2) is 41.1 Å². The molecule has 2 aromatic rings. The van der Waals surface area contributed by atoms with Gasteiger partial charge in [0, 0.05) is 0 Å². The first kappa shape index (κ1) is 11.0. The fraction of sp³-hybridized carbons (Fsp3) is 0.333. The van der Waals surface area contributed by atoms with Crippen LogP contribution in [0.3, 0.4) is 0 Å². The van der Waals surface area contributed by atoms with Crippen molar-refractivity contribution < 1.29 is 0 Å². The van der Waals surface area contributed by atoms with E-state index in [2.05, 4.69) is 46.4 Å². The topological polar surface area (TPSA) is 12.0 Å². The molecule has 0 spiro atoms. The summed E-state index contributed by atoms with van der Waals surface area (Å²) in [4.78, 5) is 0. The molecule has 1 fully saturated rings. The van der Waals surface area contributed by atoms with Crippen molar-refractivity contribution in [2.45, 2.75) is 18.8 Å². The Morgan fingerprint density at radius 1 is 1.00 bits per heavy atom. The van der Waals surface area contributed by atoms with E-state index < -0.39 is 0 Å². The predicted molar refractivity (Wildman–Crippen MR) is 74.6 cm³/mol. The molecule has 1 saturated heterocycles. The van der Waals surface area contributed by atoms with Crippen molar-refractivity contribution in [2.24, 2.45) is 0 Å². The van der Waals surface area contributed by atoms with Gasteiger partial charge in [-0.15, -0.1) is 0 Å². The Morgan fingerprint density at radius 3 is 2.53 bits per heavy atom. The van der Waals surface area contributed by atoms with Crippen molar-refractivity contribution in [3.8, 4) is 11.1 Å². The Balaban J connectivity index is 1.93. The molecule has 0 saturated carbocycles. The van der Waals surface area contributed by atoms with Crippen LogP contribution in [0, 0.1) is 0 Å². The molecule has 0 radical (unpaired) electrons. The number of benzene rings is 1. The number of hydrogen-bond acceptors (Lipinski definition) is 2. The van der Waals surface area contributed by atoms with Crippen LogP contribution < -0.4 is 5.32 Å². The molecule has 0 amide bonds. The molecular weight excluding hydrogens is 226 g/mol. The number of piperidine rings is 1. The predicted octanol–water partition coefficient (Wildman–Crippen LogP) is 3.88. The number of hydrogen-bond donors (Lipinski definition) is 1. The minimum absolute atomic E-state index is 0.748. The summed E-state index contributed by atoms with van der Waals surface area (Å²) in [7, 11) is 0. The minimum atomic E-state index is 0.748. The second kappa shape index (κ2) is 5.03. The van der Waals surface area contributed by atoms with E-state index >= 15 is 0 Å². The molecule has 0 unspecified atom stereocenters. The van der Waals surface area contributed by atoms with Crippen LogP contribution >= 0.6 is 11.3 Å². The minimum Gasteiger partial charge on any atom is -0.317 e. The monoisotopic (exact) mass is 243 g/mol. The third-order valence-electron chi connectivity index (χ3n) is 3.56. The molecule has 1 aromatic heterocycles. The smallest absolute Gasteiger partial charge is 0.00117 e. The van der Waals surface area contributed by atoms with Gasteiger partial charge < -0.3 is 5.32 Å². The summed E-state index contributed by atoms with van der Waals surface area (Å²) in [6.07, 6.45) is 2.55. The summed E-state index contributed by atoms with van der Waals surface area (Å²) < 4.78 is 0. The Morgan fingerprint density at radius 2 is 1.76 bits per heavy atom. The molecule has 17 heavy (non-hydrogen) atoms. The van der Waals surface area contributed by atoms with E-state index in [9.17, 15) is 0 Å². The van der Waals surface area contributed by atoms with Crippen LogP contribution in [0.25, 0.3) is 11.1 Å². The molecule has 2 heteroatoms. The maximum absolute atomic E-state index is 3.44. The molecule has 1 nitrogen and oxygen atoms in total. The first-order valence-electron chi connectivity index (χ1n) is 6.27. The lowest BCUT2D eigenvalue weighted by Gasteiger charge is -2.23. The first-order chi connectivity index (χ1) is 8.45. The Bertz CT molecular complexity index is 469. The molecule has 2 heterocycles. The van der Waals surface area contributed by atoms with Crippen LogP contribution in [-0.4, -0.2) is 13.1 Å². The van der Waals surface area contributed by atoms with Crippen LogP contribution in [0.5, 0.6) is 0 Å². The van der Waals surface area contributed by atoms with E-state index in [4.69, 9.17) is 0 Å². The molecule has 0 bridgehead atoms. The summed E-state index contributed by atoms with van der Waals surface area (Å²) in [6.45, 7) is 2.32. The lowest BCUT2D eigenvalue weighted by Crippen LogP contribution is -2.26. The number of nitrogens with one attached hydrogen (secondary N) is 1. The molecule has 1 aromatic carbocycles. The lowest BCUT2D eigenvalue weighted by atomic mass is 9.88. The quantitative estimate of drug-likeness (QED) is 0.844. The summed E-state index contributed by atoms with van der Waals surface area (Å²) in [5.74, 6) is 0.748. The van der Waals surface area contributed by atoms with E-state index in [1.165, 1.54) is 24.0 Å². The van der Waals surface area contributed by atoms with Crippen LogP contribution in [0.2, 0.25) is 0 Å². The fourth-order valence-electron chi connectivity index (χ4n) is 2.61. The number of thiophene rings is 1. The standard InChI is InChI=1S/C15H17NS/c1-2-4-12(5-3-1)14-10-17-11-15(14)13-6-8-16-9-7-13/h1-5,10-11,13,16H,6-9H2. The second-order valence-corrected chi connectivity index (χ2v) is 5.37. The normalized spacial score (nSPS) is 17.2. The molecule has 1 aliphatic rings. The fourth-order valence-corrected chi connectivity index (χ4v) is 3.55. The molecule has 0 atom stereocenters. The van der Waals surface area contributed by atoms with Gasteiger partial charge in [0.1, 0.15) is 0 Å². The highest BCUT2D eigenvalue weighted by atomic mass is 32.1. The molecule has 1 aliphatic heterocycles. The second-order valence-electron chi connectivity index (χ2n) is 4.63. The van der Waals surface area contributed by atoms with Crippen molar-refractivity contribution in [1.29, 1.82) is 0 Å². The van der Waals surface area contributed by atoms with Crippen LogP contribution in [0.1, 0.15) is 24.3 Å². The van der Waals surface area contributed by atoms with Crippen molar-refractivity contribution in [3.63, 3.8) is 0 Å². The largest absolute Gasteiger partial charge is 0.317 e. The molecular formula is C15H17NS. The summed E-state index contributed by atoms with van der Waals surface area (Å²) in [6, 6.07) is 10.8. The average molecular weight is 243 g/mol. The third kappa shape index (κ3) is 2.28. The van der Waals surface area contributed by atoms with E-state index in [-0.39, 0.29) is 0 Å². The SMILES string of the molecule is c1ccc(-c2cscc2C2CCNCC2)cc1. The van der Waals surface area contributed by atoms with Gasteiger partial charge in [-0.3, -0.25) is 0 Å².